The number of benzene rings is 2. The molecule has 11 nitrogen and oxygen atoms in total. The zero-order chi connectivity index (χ0) is 37.7. The highest BCUT2D eigenvalue weighted by atomic mass is 32.1. The summed E-state index contributed by atoms with van der Waals surface area (Å²) in [5.74, 6) is -1.77. The van der Waals surface area contributed by atoms with E-state index in [0.29, 0.717) is 17.3 Å². The molecule has 0 aliphatic rings. The third kappa shape index (κ3) is 12.0. The third-order valence-corrected chi connectivity index (χ3v) is 10.0. The van der Waals surface area contributed by atoms with Crippen LogP contribution in [0.15, 0.2) is 73.1 Å². The van der Waals surface area contributed by atoms with E-state index in [4.69, 9.17) is 10.5 Å². The molecule has 0 aliphatic heterocycles. The SMILES string of the molecule is CCCCCCCOc1ccc(-c2cnc(-c3ccc(CC(NC(=O)c4ccc(C(C)(C)C)s4)C(=O)NC(CCC(N)=O)C(=O)O)cc3)nc2)cc1. The average molecular weight is 728 g/mol. The molecule has 0 saturated carbocycles. The van der Waals surface area contributed by atoms with Gasteiger partial charge in [-0.3, -0.25) is 14.4 Å². The number of amides is 3. The largest absolute Gasteiger partial charge is 0.494 e. The molecule has 2 aromatic heterocycles. The number of carbonyl (C=O) groups is 4. The lowest BCUT2D eigenvalue weighted by atomic mass is 9.95. The van der Waals surface area contributed by atoms with Gasteiger partial charge in [-0.1, -0.05) is 89.8 Å². The number of nitrogens with two attached hydrogens (primary N) is 1. The maximum Gasteiger partial charge on any atom is 0.326 e. The molecule has 0 radical (unpaired) electrons. The van der Waals surface area contributed by atoms with Crippen molar-refractivity contribution in [1.29, 1.82) is 0 Å². The van der Waals surface area contributed by atoms with Gasteiger partial charge in [0, 0.05) is 41.2 Å². The molecule has 0 bridgehead atoms. The van der Waals surface area contributed by atoms with E-state index in [9.17, 15) is 24.3 Å². The Hall–Kier alpha value is -5.10. The zero-order valence-electron chi connectivity index (χ0n) is 30.3. The molecular formula is C40H49N5O6S. The van der Waals surface area contributed by atoms with E-state index >= 15 is 0 Å². The summed E-state index contributed by atoms with van der Waals surface area (Å²) in [6, 6.07) is 16.3. The second kappa shape index (κ2) is 18.9. The molecule has 4 aromatic rings. The van der Waals surface area contributed by atoms with Crippen LogP contribution in [0.4, 0.5) is 0 Å². The van der Waals surface area contributed by atoms with Crippen LogP contribution in [0, 0.1) is 0 Å². The van der Waals surface area contributed by atoms with Gasteiger partial charge in [0.05, 0.1) is 11.5 Å². The summed E-state index contributed by atoms with van der Waals surface area (Å²) in [7, 11) is 0. The number of rotatable bonds is 19. The highest BCUT2D eigenvalue weighted by molar-refractivity contribution is 7.14. The molecule has 0 fully saturated rings. The Balaban J connectivity index is 1.43. The number of aromatic nitrogens is 2. The number of carboxylic acid groups (broad SMARTS) is 1. The molecule has 52 heavy (non-hydrogen) atoms. The maximum atomic E-state index is 13.5. The molecule has 276 valence electrons. The maximum absolute atomic E-state index is 13.5. The van der Waals surface area contributed by atoms with Gasteiger partial charge >= 0.3 is 5.97 Å². The predicted molar refractivity (Wildman–Crippen MR) is 203 cm³/mol. The number of carbonyl (C=O) groups excluding carboxylic acids is 3. The van der Waals surface area contributed by atoms with Gasteiger partial charge in [-0.05, 0) is 53.6 Å². The van der Waals surface area contributed by atoms with Gasteiger partial charge in [-0.15, -0.1) is 11.3 Å². The minimum Gasteiger partial charge on any atom is -0.494 e. The van der Waals surface area contributed by atoms with E-state index in [1.54, 1.807) is 18.5 Å². The number of thiophene rings is 1. The number of hydrogen-bond donors (Lipinski definition) is 4. The molecule has 0 saturated heterocycles. The van der Waals surface area contributed by atoms with Crippen molar-refractivity contribution in [2.75, 3.05) is 6.61 Å². The van der Waals surface area contributed by atoms with Crippen molar-refractivity contribution in [3.8, 4) is 28.3 Å². The van der Waals surface area contributed by atoms with Gasteiger partial charge in [0.15, 0.2) is 5.82 Å². The smallest absolute Gasteiger partial charge is 0.326 e. The number of hydrogen-bond acceptors (Lipinski definition) is 8. The van der Waals surface area contributed by atoms with Crippen LogP contribution >= 0.6 is 11.3 Å². The lowest BCUT2D eigenvalue weighted by Crippen LogP contribution is -2.52. The molecular weight excluding hydrogens is 679 g/mol. The van der Waals surface area contributed by atoms with Gasteiger partial charge in [0.1, 0.15) is 17.8 Å². The quantitative estimate of drug-likeness (QED) is 0.0773. The van der Waals surface area contributed by atoms with Gasteiger partial charge < -0.3 is 26.2 Å². The number of aliphatic carboxylic acids is 1. The Labute approximate surface area is 309 Å². The first-order valence-corrected chi connectivity index (χ1v) is 18.5. The number of primary amides is 1. The van der Waals surface area contributed by atoms with E-state index < -0.39 is 35.8 Å². The Morgan fingerprint density at radius 1 is 0.827 bits per heavy atom. The van der Waals surface area contributed by atoms with E-state index in [2.05, 4.69) is 27.5 Å². The molecule has 5 N–H and O–H groups in total. The molecule has 2 heterocycles. The molecule has 12 heteroatoms. The molecule has 4 rings (SSSR count). The lowest BCUT2D eigenvalue weighted by Gasteiger charge is -2.21. The topological polar surface area (TPSA) is 174 Å². The van der Waals surface area contributed by atoms with Gasteiger partial charge in [0.25, 0.3) is 5.91 Å². The average Bonchev–Trinajstić information content (AvgIpc) is 3.64. The lowest BCUT2D eigenvalue weighted by molar-refractivity contribution is -0.142. The first-order valence-electron chi connectivity index (χ1n) is 17.7. The van der Waals surface area contributed by atoms with Crippen molar-refractivity contribution >= 4 is 35.0 Å². The molecule has 2 aromatic carbocycles. The van der Waals surface area contributed by atoms with Crippen LogP contribution in [-0.4, -0.2) is 57.5 Å². The standard InChI is InChI=1S/C40H49N5O6S/c1-5-6-7-8-9-22-51-30-16-14-27(15-17-30)29-24-42-36(43-25-29)28-12-10-26(11-13-28)23-32(37(47)44-31(39(49)50)18-21-35(41)46)45-38(48)33-19-20-34(52-33)40(2,3)4/h10-17,19-20,24-25,31-32H,5-9,18,21-23H2,1-4H3,(H2,41,46)(H,44,47)(H,45,48)(H,49,50). The first kappa shape index (κ1) is 39.7. The fourth-order valence-corrected chi connectivity index (χ4v) is 6.38. The fraction of sp³-hybridized carbons (Fsp3) is 0.400. The van der Waals surface area contributed by atoms with Crippen LogP contribution < -0.4 is 21.1 Å². The predicted octanol–water partition coefficient (Wildman–Crippen LogP) is 6.69. The highest BCUT2D eigenvalue weighted by Gasteiger charge is 2.28. The normalized spacial score (nSPS) is 12.5. The van der Waals surface area contributed by atoms with E-state index in [1.165, 1.54) is 37.0 Å². The van der Waals surface area contributed by atoms with Crippen LogP contribution in [0.3, 0.4) is 0 Å². The Kier molecular flexibility index (Phi) is 14.5. The van der Waals surface area contributed by atoms with Crippen molar-refractivity contribution in [1.82, 2.24) is 20.6 Å². The van der Waals surface area contributed by atoms with E-state index in [0.717, 1.165) is 39.3 Å². The summed E-state index contributed by atoms with van der Waals surface area (Å²) in [5, 5.41) is 14.9. The molecule has 0 aliphatic carbocycles. The Morgan fingerprint density at radius 3 is 2.08 bits per heavy atom. The van der Waals surface area contributed by atoms with Gasteiger partial charge in [0.2, 0.25) is 11.8 Å². The van der Waals surface area contributed by atoms with Crippen molar-refractivity contribution < 1.29 is 29.0 Å². The second-order valence-corrected chi connectivity index (χ2v) is 14.9. The molecule has 2 unspecified atom stereocenters. The minimum absolute atomic E-state index is 0.0792. The zero-order valence-corrected chi connectivity index (χ0v) is 31.1. The fourth-order valence-electron chi connectivity index (χ4n) is 5.41. The summed E-state index contributed by atoms with van der Waals surface area (Å²) in [5.41, 5.74) is 8.36. The van der Waals surface area contributed by atoms with Crippen LogP contribution in [0.1, 0.15) is 92.8 Å². The molecule has 0 spiro atoms. The monoisotopic (exact) mass is 727 g/mol. The van der Waals surface area contributed by atoms with Crippen molar-refractivity contribution in [3.63, 3.8) is 0 Å². The van der Waals surface area contributed by atoms with Crippen LogP contribution in [0.5, 0.6) is 5.75 Å². The number of ether oxygens (including phenoxy) is 1. The second-order valence-electron chi connectivity index (χ2n) is 13.8. The summed E-state index contributed by atoms with van der Waals surface area (Å²) in [4.78, 5) is 60.5. The Bertz CT molecular complexity index is 1780. The van der Waals surface area contributed by atoms with Crippen molar-refractivity contribution in [2.24, 2.45) is 5.73 Å². The molecule has 3 amide bonds. The van der Waals surface area contributed by atoms with Crippen LogP contribution in [0.2, 0.25) is 0 Å². The minimum atomic E-state index is -1.35. The van der Waals surface area contributed by atoms with Gasteiger partial charge in [-0.25, -0.2) is 14.8 Å². The number of unbranched alkanes of at least 4 members (excludes halogenated alkanes) is 4. The van der Waals surface area contributed by atoms with E-state index in [1.807, 2.05) is 75.4 Å². The first-order chi connectivity index (χ1) is 24.8. The van der Waals surface area contributed by atoms with Crippen LogP contribution in [0.25, 0.3) is 22.5 Å². The summed E-state index contributed by atoms with van der Waals surface area (Å²) in [6.07, 6.45) is 9.17. The summed E-state index contributed by atoms with van der Waals surface area (Å²) >= 11 is 1.33. The third-order valence-electron chi connectivity index (χ3n) is 8.49. The number of nitrogens with zero attached hydrogens (tertiary/aromatic N) is 2. The van der Waals surface area contributed by atoms with Gasteiger partial charge in [-0.2, -0.15) is 0 Å². The number of carboxylic acids is 1. The van der Waals surface area contributed by atoms with Crippen molar-refractivity contribution in [3.05, 3.63) is 88.4 Å². The van der Waals surface area contributed by atoms with Crippen molar-refractivity contribution in [2.45, 2.75) is 96.6 Å². The van der Waals surface area contributed by atoms with E-state index in [-0.39, 0.29) is 24.7 Å². The summed E-state index contributed by atoms with van der Waals surface area (Å²) in [6.45, 7) is 9.05. The van der Waals surface area contributed by atoms with Crippen LogP contribution in [-0.2, 0) is 26.2 Å². The summed E-state index contributed by atoms with van der Waals surface area (Å²) < 4.78 is 5.88. The number of nitrogens with one attached hydrogen (secondary N) is 2. The highest BCUT2D eigenvalue weighted by Crippen LogP contribution is 2.29. The Morgan fingerprint density at radius 2 is 1.48 bits per heavy atom. The molecule has 2 atom stereocenters.